The highest BCUT2D eigenvalue weighted by molar-refractivity contribution is 5.96. The van der Waals surface area contributed by atoms with Crippen LogP contribution in [0.4, 0.5) is 5.88 Å². The monoisotopic (exact) mass is 208 g/mol. The minimum atomic E-state index is -0.199. The van der Waals surface area contributed by atoms with Gasteiger partial charge in [-0.25, -0.2) is 0 Å². The average Bonchev–Trinajstić information content (AvgIpc) is 2.86. The zero-order valence-electron chi connectivity index (χ0n) is 9.09. The Bertz CT molecular complexity index is 366. The molecule has 2 rings (SSSR count). The second kappa shape index (κ2) is 3.70. The van der Waals surface area contributed by atoms with E-state index in [0.29, 0.717) is 5.88 Å². The van der Waals surface area contributed by atoms with E-state index in [2.05, 4.69) is 10.6 Å². The largest absolute Gasteiger partial charge is 0.446 e. The van der Waals surface area contributed by atoms with E-state index in [0.717, 1.165) is 25.1 Å². The molecule has 1 saturated carbocycles. The van der Waals surface area contributed by atoms with Crippen molar-refractivity contribution in [3.63, 3.8) is 0 Å². The Morgan fingerprint density at radius 1 is 1.53 bits per heavy atom. The first-order valence-corrected chi connectivity index (χ1v) is 5.19. The Labute approximate surface area is 89.0 Å². The van der Waals surface area contributed by atoms with Crippen molar-refractivity contribution in [3.05, 3.63) is 17.9 Å². The van der Waals surface area contributed by atoms with Gasteiger partial charge in [0, 0.05) is 12.6 Å². The lowest BCUT2D eigenvalue weighted by atomic mass is 10.1. The van der Waals surface area contributed by atoms with Gasteiger partial charge in [0.25, 0.3) is 0 Å². The van der Waals surface area contributed by atoms with E-state index in [1.54, 1.807) is 6.07 Å². The molecule has 1 aliphatic carbocycles. The fraction of sp³-hybridized carbons (Fsp3) is 0.545. The Kier molecular flexibility index (Phi) is 2.52. The molecule has 1 amide bonds. The molecular formula is C11H16N2O2. The van der Waals surface area contributed by atoms with Crippen LogP contribution in [0, 0.1) is 12.3 Å². The second-order valence-corrected chi connectivity index (χ2v) is 4.18. The van der Waals surface area contributed by atoms with Crippen molar-refractivity contribution in [2.45, 2.75) is 19.8 Å². The number of anilines is 1. The summed E-state index contributed by atoms with van der Waals surface area (Å²) in [7, 11) is 1.87. The third-order valence-electron chi connectivity index (χ3n) is 2.83. The SMILES string of the molecule is CNCC1(C(=O)Nc2ccc(C)o2)CC1. The van der Waals surface area contributed by atoms with Gasteiger partial charge in [0.1, 0.15) is 5.76 Å². The lowest BCUT2D eigenvalue weighted by Gasteiger charge is -2.12. The molecule has 82 valence electrons. The van der Waals surface area contributed by atoms with Crippen molar-refractivity contribution in [2.75, 3.05) is 18.9 Å². The number of amides is 1. The summed E-state index contributed by atoms with van der Waals surface area (Å²) < 4.78 is 5.30. The smallest absolute Gasteiger partial charge is 0.234 e. The molecule has 0 spiro atoms. The maximum absolute atomic E-state index is 11.9. The van der Waals surface area contributed by atoms with Gasteiger partial charge in [-0.05, 0) is 32.9 Å². The van der Waals surface area contributed by atoms with Crippen molar-refractivity contribution in [2.24, 2.45) is 5.41 Å². The standard InChI is InChI=1S/C11H16N2O2/c1-8-3-4-9(15-8)13-10(14)11(5-6-11)7-12-2/h3-4,12H,5-7H2,1-2H3,(H,13,14). The van der Waals surface area contributed by atoms with Gasteiger partial charge in [-0.2, -0.15) is 0 Å². The predicted molar refractivity (Wildman–Crippen MR) is 57.7 cm³/mol. The molecule has 1 aromatic rings. The fourth-order valence-electron chi connectivity index (χ4n) is 1.72. The van der Waals surface area contributed by atoms with Crippen LogP contribution in [0.25, 0.3) is 0 Å². The summed E-state index contributed by atoms with van der Waals surface area (Å²) in [5, 5.41) is 5.86. The number of nitrogens with one attached hydrogen (secondary N) is 2. The van der Waals surface area contributed by atoms with Gasteiger partial charge in [0.2, 0.25) is 5.91 Å². The van der Waals surface area contributed by atoms with E-state index in [4.69, 9.17) is 4.42 Å². The Morgan fingerprint density at radius 3 is 2.73 bits per heavy atom. The third kappa shape index (κ3) is 2.04. The van der Waals surface area contributed by atoms with Gasteiger partial charge in [-0.15, -0.1) is 0 Å². The molecule has 4 nitrogen and oxygen atoms in total. The van der Waals surface area contributed by atoms with E-state index in [9.17, 15) is 4.79 Å². The van der Waals surface area contributed by atoms with Gasteiger partial charge >= 0.3 is 0 Å². The first-order valence-electron chi connectivity index (χ1n) is 5.19. The summed E-state index contributed by atoms with van der Waals surface area (Å²) in [5.74, 6) is 1.41. The van der Waals surface area contributed by atoms with Crippen LogP contribution in [0.3, 0.4) is 0 Å². The van der Waals surface area contributed by atoms with Crippen LogP contribution in [-0.4, -0.2) is 19.5 Å². The highest BCUT2D eigenvalue weighted by atomic mass is 16.4. The number of hydrogen-bond donors (Lipinski definition) is 2. The van der Waals surface area contributed by atoms with E-state index in [1.807, 2.05) is 20.0 Å². The molecule has 4 heteroatoms. The minimum Gasteiger partial charge on any atom is -0.446 e. The maximum Gasteiger partial charge on any atom is 0.234 e. The van der Waals surface area contributed by atoms with Crippen LogP contribution < -0.4 is 10.6 Å². The van der Waals surface area contributed by atoms with Crippen LogP contribution in [0.1, 0.15) is 18.6 Å². The first kappa shape index (κ1) is 10.2. The molecule has 0 bridgehead atoms. The van der Waals surface area contributed by atoms with Gasteiger partial charge < -0.3 is 9.73 Å². The highest BCUT2D eigenvalue weighted by Crippen LogP contribution is 2.45. The van der Waals surface area contributed by atoms with E-state index in [1.165, 1.54) is 0 Å². The molecule has 1 fully saturated rings. The van der Waals surface area contributed by atoms with E-state index >= 15 is 0 Å². The number of carbonyl (C=O) groups excluding carboxylic acids is 1. The summed E-state index contributed by atoms with van der Waals surface area (Å²) in [6, 6.07) is 3.62. The lowest BCUT2D eigenvalue weighted by molar-refractivity contribution is -0.121. The van der Waals surface area contributed by atoms with E-state index < -0.39 is 0 Å². The molecule has 0 unspecified atom stereocenters. The maximum atomic E-state index is 11.9. The number of hydrogen-bond acceptors (Lipinski definition) is 3. The van der Waals surface area contributed by atoms with Gasteiger partial charge in [-0.1, -0.05) is 0 Å². The zero-order chi connectivity index (χ0) is 10.9. The van der Waals surface area contributed by atoms with Crippen molar-refractivity contribution in [1.82, 2.24) is 5.32 Å². The topological polar surface area (TPSA) is 54.3 Å². The molecule has 0 saturated heterocycles. The molecule has 2 N–H and O–H groups in total. The molecule has 1 aliphatic rings. The van der Waals surface area contributed by atoms with Crippen molar-refractivity contribution in [3.8, 4) is 0 Å². The van der Waals surface area contributed by atoms with E-state index in [-0.39, 0.29) is 11.3 Å². The second-order valence-electron chi connectivity index (χ2n) is 4.18. The highest BCUT2D eigenvalue weighted by Gasteiger charge is 2.49. The Morgan fingerprint density at radius 2 is 2.27 bits per heavy atom. The van der Waals surface area contributed by atoms with Crippen LogP contribution >= 0.6 is 0 Å². The lowest BCUT2D eigenvalue weighted by Crippen LogP contribution is -2.32. The molecule has 15 heavy (non-hydrogen) atoms. The Balaban J connectivity index is 1.98. The fourth-order valence-corrected chi connectivity index (χ4v) is 1.72. The zero-order valence-corrected chi connectivity index (χ0v) is 9.09. The molecule has 0 aromatic carbocycles. The summed E-state index contributed by atoms with van der Waals surface area (Å²) >= 11 is 0. The van der Waals surface area contributed by atoms with Crippen LogP contribution in [0.5, 0.6) is 0 Å². The molecule has 0 atom stereocenters. The Hall–Kier alpha value is -1.29. The van der Waals surface area contributed by atoms with Gasteiger partial charge in [-0.3, -0.25) is 10.1 Å². The van der Waals surface area contributed by atoms with Gasteiger partial charge in [0.05, 0.1) is 5.41 Å². The van der Waals surface area contributed by atoms with Crippen LogP contribution in [-0.2, 0) is 4.79 Å². The molecular weight excluding hydrogens is 192 g/mol. The average molecular weight is 208 g/mol. The van der Waals surface area contributed by atoms with Gasteiger partial charge in [0.15, 0.2) is 5.88 Å². The molecule has 0 aliphatic heterocycles. The molecule has 1 aromatic heterocycles. The summed E-state index contributed by atoms with van der Waals surface area (Å²) in [4.78, 5) is 11.9. The summed E-state index contributed by atoms with van der Waals surface area (Å²) in [6.07, 6.45) is 1.92. The summed E-state index contributed by atoms with van der Waals surface area (Å²) in [6.45, 7) is 2.59. The van der Waals surface area contributed by atoms with Crippen molar-refractivity contribution in [1.29, 1.82) is 0 Å². The molecule has 1 heterocycles. The number of carbonyl (C=O) groups is 1. The normalized spacial score (nSPS) is 17.5. The van der Waals surface area contributed by atoms with Crippen molar-refractivity contribution < 1.29 is 9.21 Å². The third-order valence-corrected chi connectivity index (χ3v) is 2.83. The number of rotatable bonds is 4. The minimum absolute atomic E-state index is 0.0613. The molecule has 0 radical (unpaired) electrons. The number of aryl methyl sites for hydroxylation is 1. The summed E-state index contributed by atoms with van der Waals surface area (Å²) in [5.41, 5.74) is -0.199. The van der Waals surface area contributed by atoms with Crippen LogP contribution in [0.15, 0.2) is 16.5 Å². The predicted octanol–water partition coefficient (Wildman–Crippen LogP) is 1.53. The number of furan rings is 1. The van der Waals surface area contributed by atoms with Crippen LogP contribution in [0.2, 0.25) is 0 Å². The van der Waals surface area contributed by atoms with Crippen molar-refractivity contribution >= 4 is 11.8 Å². The first-order chi connectivity index (χ1) is 7.16. The quantitative estimate of drug-likeness (QED) is 0.789.